The van der Waals surface area contributed by atoms with Crippen molar-refractivity contribution in [2.75, 3.05) is 6.54 Å². The zero-order valence-corrected chi connectivity index (χ0v) is 9.90. The molecular formula is C12H18N4. The van der Waals surface area contributed by atoms with E-state index in [1.54, 1.807) is 0 Å². The van der Waals surface area contributed by atoms with E-state index in [0.717, 1.165) is 43.0 Å². The normalized spacial score (nSPS) is 11.1. The maximum absolute atomic E-state index is 4.59. The first kappa shape index (κ1) is 11.1. The van der Waals surface area contributed by atoms with E-state index in [2.05, 4.69) is 33.7 Å². The van der Waals surface area contributed by atoms with Crippen LogP contribution in [0.5, 0.6) is 0 Å². The summed E-state index contributed by atoms with van der Waals surface area (Å²) in [4.78, 5) is 8.97. The Labute approximate surface area is 95.7 Å². The van der Waals surface area contributed by atoms with Crippen molar-refractivity contribution in [2.45, 2.75) is 33.4 Å². The molecule has 2 heterocycles. The maximum atomic E-state index is 4.59. The van der Waals surface area contributed by atoms with Gasteiger partial charge in [-0.25, -0.2) is 9.97 Å². The van der Waals surface area contributed by atoms with Gasteiger partial charge in [-0.3, -0.25) is 0 Å². The van der Waals surface area contributed by atoms with Crippen molar-refractivity contribution in [2.24, 2.45) is 0 Å². The number of pyridine rings is 1. The lowest BCUT2D eigenvalue weighted by atomic mass is 10.4. The number of aromatic nitrogens is 3. The van der Waals surface area contributed by atoms with Crippen molar-refractivity contribution < 1.29 is 0 Å². The van der Waals surface area contributed by atoms with Crippen LogP contribution in [-0.4, -0.2) is 21.1 Å². The number of rotatable bonds is 5. The number of aryl methyl sites for hydroxylation is 1. The van der Waals surface area contributed by atoms with E-state index in [4.69, 9.17) is 0 Å². The zero-order valence-electron chi connectivity index (χ0n) is 9.90. The summed E-state index contributed by atoms with van der Waals surface area (Å²) in [5, 5.41) is 3.38. The molecule has 2 aromatic rings. The van der Waals surface area contributed by atoms with E-state index in [1.807, 2.05) is 18.3 Å². The fraction of sp³-hybridized carbons (Fsp3) is 0.500. The highest BCUT2D eigenvalue weighted by Gasteiger charge is 2.08. The monoisotopic (exact) mass is 218 g/mol. The average Bonchev–Trinajstić information content (AvgIpc) is 2.67. The number of hydrogen-bond donors (Lipinski definition) is 1. The van der Waals surface area contributed by atoms with Crippen molar-refractivity contribution in [3.63, 3.8) is 0 Å². The lowest BCUT2D eigenvalue weighted by Crippen LogP contribution is -2.17. The van der Waals surface area contributed by atoms with Crippen LogP contribution in [0.25, 0.3) is 11.2 Å². The summed E-state index contributed by atoms with van der Waals surface area (Å²) in [6.45, 7) is 7.05. The number of nitrogens with zero attached hydrogens (tertiary/aromatic N) is 3. The second kappa shape index (κ2) is 5.07. The van der Waals surface area contributed by atoms with Crippen molar-refractivity contribution in [3.8, 4) is 0 Å². The van der Waals surface area contributed by atoms with Crippen LogP contribution in [0.4, 0.5) is 0 Å². The maximum Gasteiger partial charge on any atom is 0.160 e. The van der Waals surface area contributed by atoms with Crippen LogP contribution < -0.4 is 5.32 Å². The van der Waals surface area contributed by atoms with Gasteiger partial charge in [0.05, 0.1) is 6.54 Å². The van der Waals surface area contributed by atoms with Crippen LogP contribution in [0.3, 0.4) is 0 Å². The molecule has 2 rings (SSSR count). The Balaban J connectivity index is 2.29. The largest absolute Gasteiger partial charge is 0.312 e. The number of nitrogens with one attached hydrogen (secondary N) is 1. The molecule has 1 N–H and O–H groups in total. The SMILES string of the molecule is CCCNCc1nc2cccnc2n1CC. The molecule has 0 saturated carbocycles. The molecule has 2 aromatic heterocycles. The van der Waals surface area contributed by atoms with Crippen LogP contribution in [0.2, 0.25) is 0 Å². The average molecular weight is 218 g/mol. The third kappa shape index (κ3) is 2.07. The summed E-state index contributed by atoms with van der Waals surface area (Å²) in [5.74, 6) is 1.07. The minimum atomic E-state index is 0.818. The molecule has 0 aliphatic rings. The van der Waals surface area contributed by atoms with Crippen LogP contribution in [0.15, 0.2) is 18.3 Å². The molecule has 0 spiro atoms. The summed E-state index contributed by atoms with van der Waals surface area (Å²) in [6, 6.07) is 3.94. The molecule has 0 atom stereocenters. The zero-order chi connectivity index (χ0) is 11.4. The van der Waals surface area contributed by atoms with Crippen LogP contribution in [0, 0.1) is 0 Å². The Hall–Kier alpha value is -1.42. The second-order valence-electron chi connectivity index (χ2n) is 3.80. The third-order valence-electron chi connectivity index (χ3n) is 2.61. The molecule has 0 aliphatic heterocycles. The Morgan fingerprint density at radius 2 is 2.25 bits per heavy atom. The number of fused-ring (bicyclic) bond motifs is 1. The quantitative estimate of drug-likeness (QED) is 0.780. The van der Waals surface area contributed by atoms with Crippen LogP contribution >= 0.6 is 0 Å². The minimum Gasteiger partial charge on any atom is -0.312 e. The molecular weight excluding hydrogens is 200 g/mol. The highest BCUT2D eigenvalue weighted by molar-refractivity contribution is 5.71. The van der Waals surface area contributed by atoms with Gasteiger partial charge in [-0.2, -0.15) is 0 Å². The minimum absolute atomic E-state index is 0.818. The third-order valence-corrected chi connectivity index (χ3v) is 2.61. The predicted molar refractivity (Wildman–Crippen MR) is 65.2 cm³/mol. The Morgan fingerprint density at radius 3 is 3.00 bits per heavy atom. The van der Waals surface area contributed by atoms with E-state index in [9.17, 15) is 0 Å². The molecule has 4 nitrogen and oxygen atoms in total. The van der Waals surface area contributed by atoms with Crippen molar-refractivity contribution in [1.29, 1.82) is 0 Å². The van der Waals surface area contributed by atoms with Gasteiger partial charge in [-0.15, -0.1) is 0 Å². The molecule has 0 bridgehead atoms. The summed E-state index contributed by atoms with van der Waals surface area (Å²) in [5.41, 5.74) is 1.97. The highest BCUT2D eigenvalue weighted by Crippen LogP contribution is 2.12. The van der Waals surface area contributed by atoms with E-state index < -0.39 is 0 Å². The summed E-state index contributed by atoms with van der Waals surface area (Å²) >= 11 is 0. The van der Waals surface area contributed by atoms with E-state index >= 15 is 0 Å². The van der Waals surface area contributed by atoms with Crippen molar-refractivity contribution in [1.82, 2.24) is 19.9 Å². The smallest absolute Gasteiger partial charge is 0.160 e. The van der Waals surface area contributed by atoms with Gasteiger partial charge in [0.15, 0.2) is 5.65 Å². The molecule has 0 saturated heterocycles. The van der Waals surface area contributed by atoms with Gasteiger partial charge in [0.2, 0.25) is 0 Å². The van der Waals surface area contributed by atoms with Gasteiger partial charge in [0.1, 0.15) is 11.3 Å². The predicted octanol–water partition coefficient (Wildman–Crippen LogP) is 1.95. The first-order valence-corrected chi connectivity index (χ1v) is 5.87. The Morgan fingerprint density at radius 1 is 1.38 bits per heavy atom. The lowest BCUT2D eigenvalue weighted by molar-refractivity contribution is 0.613. The first-order chi connectivity index (χ1) is 7.86. The standard InChI is InChI=1S/C12H18N4/c1-3-7-13-9-11-15-10-6-5-8-14-12(10)16(11)4-2/h5-6,8,13H,3-4,7,9H2,1-2H3. The fourth-order valence-corrected chi connectivity index (χ4v) is 1.85. The molecule has 0 aliphatic carbocycles. The van der Waals surface area contributed by atoms with Gasteiger partial charge >= 0.3 is 0 Å². The van der Waals surface area contributed by atoms with Crippen molar-refractivity contribution in [3.05, 3.63) is 24.2 Å². The second-order valence-corrected chi connectivity index (χ2v) is 3.80. The van der Waals surface area contributed by atoms with Gasteiger partial charge in [-0.1, -0.05) is 6.92 Å². The topological polar surface area (TPSA) is 42.7 Å². The molecule has 4 heteroatoms. The Kier molecular flexibility index (Phi) is 3.51. The highest BCUT2D eigenvalue weighted by atomic mass is 15.1. The first-order valence-electron chi connectivity index (χ1n) is 5.87. The molecule has 0 aromatic carbocycles. The van der Waals surface area contributed by atoms with Crippen LogP contribution in [0.1, 0.15) is 26.1 Å². The molecule has 0 amide bonds. The summed E-state index contributed by atoms with van der Waals surface area (Å²) in [6.07, 6.45) is 2.96. The number of hydrogen-bond acceptors (Lipinski definition) is 3. The Bertz CT molecular complexity index is 461. The van der Waals surface area contributed by atoms with Crippen molar-refractivity contribution >= 4 is 11.2 Å². The van der Waals surface area contributed by atoms with Gasteiger partial charge in [-0.05, 0) is 32.0 Å². The summed E-state index contributed by atoms with van der Waals surface area (Å²) < 4.78 is 2.16. The molecule has 0 radical (unpaired) electrons. The molecule has 16 heavy (non-hydrogen) atoms. The molecule has 86 valence electrons. The summed E-state index contributed by atoms with van der Waals surface area (Å²) in [7, 11) is 0. The number of imidazole rings is 1. The van der Waals surface area contributed by atoms with Gasteiger partial charge in [0.25, 0.3) is 0 Å². The molecule has 0 fully saturated rings. The lowest BCUT2D eigenvalue weighted by Gasteiger charge is -2.05. The van der Waals surface area contributed by atoms with Gasteiger partial charge < -0.3 is 9.88 Å². The van der Waals surface area contributed by atoms with E-state index in [0.29, 0.717) is 0 Å². The van der Waals surface area contributed by atoms with E-state index in [-0.39, 0.29) is 0 Å². The molecule has 0 unspecified atom stereocenters. The van der Waals surface area contributed by atoms with Gasteiger partial charge in [0, 0.05) is 12.7 Å². The van der Waals surface area contributed by atoms with Crippen LogP contribution in [-0.2, 0) is 13.1 Å². The van der Waals surface area contributed by atoms with E-state index in [1.165, 1.54) is 0 Å². The fourth-order valence-electron chi connectivity index (χ4n) is 1.85.